The lowest BCUT2D eigenvalue weighted by Gasteiger charge is -2.07. The minimum Gasteiger partial charge on any atom is -0.385 e. The Morgan fingerprint density at radius 2 is 1.94 bits per heavy atom. The van der Waals surface area contributed by atoms with E-state index in [1.807, 2.05) is 0 Å². The third-order valence-electron chi connectivity index (χ3n) is 2.13. The molecule has 0 atom stereocenters. The molecule has 0 saturated heterocycles. The summed E-state index contributed by atoms with van der Waals surface area (Å²) in [5.74, 6) is -1.69. The van der Waals surface area contributed by atoms with Crippen molar-refractivity contribution in [3.63, 3.8) is 0 Å². The number of anilines is 1. The van der Waals surface area contributed by atoms with Gasteiger partial charge in [0.2, 0.25) is 0 Å². The Balaban J connectivity index is 2.11. The van der Waals surface area contributed by atoms with Crippen LogP contribution in [-0.4, -0.2) is 33.5 Å². The zero-order valence-corrected chi connectivity index (χ0v) is 9.84. The first kappa shape index (κ1) is 13.9. The Hall–Kier alpha value is -1.20. The van der Waals surface area contributed by atoms with Gasteiger partial charge in [0.15, 0.2) is 11.6 Å². The van der Waals surface area contributed by atoms with Gasteiger partial charge in [-0.3, -0.25) is 0 Å². The van der Waals surface area contributed by atoms with Crippen LogP contribution in [-0.2, 0) is 9.47 Å². The van der Waals surface area contributed by atoms with Gasteiger partial charge in [-0.05, 0) is 18.6 Å². The van der Waals surface area contributed by atoms with Crippen molar-refractivity contribution in [3.8, 4) is 0 Å². The number of halogens is 2. The fourth-order valence-corrected chi connectivity index (χ4v) is 1.28. The molecule has 0 radical (unpaired) electrons. The van der Waals surface area contributed by atoms with Crippen LogP contribution >= 0.6 is 0 Å². The van der Waals surface area contributed by atoms with Crippen molar-refractivity contribution in [2.45, 2.75) is 6.42 Å². The predicted octanol–water partition coefficient (Wildman–Crippen LogP) is 2.43. The highest BCUT2D eigenvalue weighted by Gasteiger charge is 2.01. The van der Waals surface area contributed by atoms with Gasteiger partial charge in [0.25, 0.3) is 0 Å². The summed E-state index contributed by atoms with van der Waals surface area (Å²) in [5, 5.41) is 2.94. The Bertz CT molecular complexity index is 334. The van der Waals surface area contributed by atoms with E-state index in [-0.39, 0.29) is 0 Å². The van der Waals surface area contributed by atoms with E-state index < -0.39 is 11.6 Å². The first-order chi connectivity index (χ1) is 8.24. The third-order valence-corrected chi connectivity index (χ3v) is 2.13. The lowest BCUT2D eigenvalue weighted by Crippen LogP contribution is -2.11. The first-order valence-electron chi connectivity index (χ1n) is 5.49. The molecule has 5 heteroatoms. The molecule has 17 heavy (non-hydrogen) atoms. The standard InChI is InChI=1S/C12H17F2NO2/c1-16-6-2-7-17-8-5-15-10-3-4-11(13)12(14)9-10/h3-4,9,15H,2,5-8H2,1H3. The molecule has 0 amide bonds. The quantitative estimate of drug-likeness (QED) is 0.713. The molecule has 0 aromatic heterocycles. The topological polar surface area (TPSA) is 30.5 Å². The zero-order chi connectivity index (χ0) is 12.5. The molecule has 0 aliphatic rings. The van der Waals surface area contributed by atoms with Crippen molar-refractivity contribution in [2.75, 3.05) is 38.8 Å². The summed E-state index contributed by atoms with van der Waals surface area (Å²) in [6.07, 6.45) is 0.849. The van der Waals surface area contributed by atoms with Gasteiger partial charge >= 0.3 is 0 Å². The highest BCUT2D eigenvalue weighted by molar-refractivity contribution is 5.43. The maximum Gasteiger partial charge on any atom is 0.160 e. The van der Waals surface area contributed by atoms with Crippen LogP contribution < -0.4 is 5.32 Å². The molecule has 1 aromatic rings. The van der Waals surface area contributed by atoms with Gasteiger partial charge in [0.1, 0.15) is 0 Å². The van der Waals surface area contributed by atoms with E-state index >= 15 is 0 Å². The molecular formula is C12H17F2NO2. The summed E-state index contributed by atoms with van der Waals surface area (Å²) in [4.78, 5) is 0. The van der Waals surface area contributed by atoms with Crippen molar-refractivity contribution in [1.29, 1.82) is 0 Å². The molecule has 96 valence electrons. The molecule has 0 unspecified atom stereocenters. The van der Waals surface area contributed by atoms with Gasteiger partial charge in [0.05, 0.1) is 6.61 Å². The lowest BCUT2D eigenvalue weighted by molar-refractivity contribution is 0.109. The number of rotatable bonds is 8. The maximum absolute atomic E-state index is 12.8. The van der Waals surface area contributed by atoms with E-state index in [0.29, 0.717) is 32.1 Å². The van der Waals surface area contributed by atoms with E-state index in [4.69, 9.17) is 9.47 Å². The van der Waals surface area contributed by atoms with Crippen LogP contribution in [0.2, 0.25) is 0 Å². The maximum atomic E-state index is 12.8. The van der Waals surface area contributed by atoms with E-state index in [1.165, 1.54) is 6.07 Å². The Morgan fingerprint density at radius 3 is 2.65 bits per heavy atom. The fraction of sp³-hybridized carbons (Fsp3) is 0.500. The molecular weight excluding hydrogens is 228 g/mol. The Labute approximate surface area is 99.7 Å². The molecule has 0 bridgehead atoms. The van der Waals surface area contributed by atoms with Gasteiger partial charge in [-0.1, -0.05) is 0 Å². The lowest BCUT2D eigenvalue weighted by atomic mass is 10.3. The minimum absolute atomic E-state index is 0.517. The fourth-order valence-electron chi connectivity index (χ4n) is 1.28. The second-order valence-corrected chi connectivity index (χ2v) is 3.51. The van der Waals surface area contributed by atoms with E-state index in [1.54, 1.807) is 7.11 Å². The highest BCUT2D eigenvalue weighted by Crippen LogP contribution is 2.12. The molecule has 1 N–H and O–H groups in total. The SMILES string of the molecule is COCCCOCCNc1ccc(F)c(F)c1. The average Bonchev–Trinajstić information content (AvgIpc) is 2.32. The second-order valence-electron chi connectivity index (χ2n) is 3.51. The number of methoxy groups -OCH3 is 1. The van der Waals surface area contributed by atoms with E-state index in [2.05, 4.69) is 5.32 Å². The number of hydrogen-bond acceptors (Lipinski definition) is 3. The molecule has 1 rings (SSSR count). The number of hydrogen-bond donors (Lipinski definition) is 1. The summed E-state index contributed by atoms with van der Waals surface area (Å²) < 4.78 is 35.6. The van der Waals surface area contributed by atoms with Crippen LogP contribution in [0.1, 0.15) is 6.42 Å². The first-order valence-corrected chi connectivity index (χ1v) is 5.49. The van der Waals surface area contributed by atoms with Crippen molar-refractivity contribution in [2.24, 2.45) is 0 Å². The van der Waals surface area contributed by atoms with Crippen molar-refractivity contribution in [1.82, 2.24) is 0 Å². The van der Waals surface area contributed by atoms with Gasteiger partial charge in [0, 0.05) is 38.6 Å². The summed E-state index contributed by atoms with van der Waals surface area (Å²) >= 11 is 0. The highest BCUT2D eigenvalue weighted by atomic mass is 19.2. The Kier molecular flexibility index (Phi) is 6.50. The van der Waals surface area contributed by atoms with Gasteiger partial charge in [-0.15, -0.1) is 0 Å². The summed E-state index contributed by atoms with van der Waals surface area (Å²) in [7, 11) is 1.64. The van der Waals surface area contributed by atoms with Crippen molar-refractivity contribution in [3.05, 3.63) is 29.8 Å². The number of nitrogens with one attached hydrogen (secondary N) is 1. The molecule has 0 spiro atoms. The monoisotopic (exact) mass is 245 g/mol. The smallest absolute Gasteiger partial charge is 0.160 e. The van der Waals surface area contributed by atoms with Crippen LogP contribution in [0.3, 0.4) is 0 Å². The molecule has 1 aromatic carbocycles. The predicted molar refractivity (Wildman–Crippen MR) is 62.2 cm³/mol. The molecule has 0 fully saturated rings. The van der Waals surface area contributed by atoms with E-state index in [9.17, 15) is 8.78 Å². The van der Waals surface area contributed by atoms with Crippen LogP contribution in [0.4, 0.5) is 14.5 Å². The normalized spacial score (nSPS) is 10.5. The summed E-state index contributed by atoms with van der Waals surface area (Å²) in [5.41, 5.74) is 0.546. The molecule has 0 aliphatic carbocycles. The van der Waals surface area contributed by atoms with Crippen LogP contribution in [0.25, 0.3) is 0 Å². The minimum atomic E-state index is -0.851. The Morgan fingerprint density at radius 1 is 1.12 bits per heavy atom. The summed E-state index contributed by atoms with van der Waals surface area (Å²) in [6.45, 7) is 2.38. The second kappa shape index (κ2) is 7.97. The van der Waals surface area contributed by atoms with Crippen molar-refractivity contribution >= 4 is 5.69 Å². The average molecular weight is 245 g/mol. The molecule has 0 aliphatic heterocycles. The molecule has 0 heterocycles. The van der Waals surface area contributed by atoms with Gasteiger partial charge < -0.3 is 14.8 Å². The molecule has 0 saturated carbocycles. The van der Waals surface area contributed by atoms with Gasteiger partial charge in [-0.2, -0.15) is 0 Å². The van der Waals surface area contributed by atoms with Crippen LogP contribution in [0.15, 0.2) is 18.2 Å². The number of benzene rings is 1. The molecule has 3 nitrogen and oxygen atoms in total. The van der Waals surface area contributed by atoms with Gasteiger partial charge in [-0.25, -0.2) is 8.78 Å². The van der Waals surface area contributed by atoms with Crippen molar-refractivity contribution < 1.29 is 18.3 Å². The number of ether oxygens (including phenoxy) is 2. The largest absolute Gasteiger partial charge is 0.385 e. The van der Waals surface area contributed by atoms with E-state index in [0.717, 1.165) is 18.6 Å². The van der Waals surface area contributed by atoms with Crippen LogP contribution in [0, 0.1) is 11.6 Å². The zero-order valence-electron chi connectivity index (χ0n) is 9.84. The van der Waals surface area contributed by atoms with Crippen LogP contribution in [0.5, 0.6) is 0 Å². The summed E-state index contributed by atoms with van der Waals surface area (Å²) in [6, 6.07) is 3.71. The third kappa shape index (κ3) is 5.60.